The predicted octanol–water partition coefficient (Wildman–Crippen LogP) is 3.89. The van der Waals surface area contributed by atoms with E-state index in [4.69, 9.17) is 23.2 Å². The maximum absolute atomic E-state index is 12.4. The molecule has 2 rings (SSSR count). The van der Waals surface area contributed by atoms with Gasteiger partial charge in [0.05, 0.1) is 10.0 Å². The standard InChI is InChI=1S/C12H15Cl2N3O2S2/c1-12(2,3)8-6-10(17(4)15-8)16-21(18,19)7-5-9(13)20-11(7)14/h5-6,16H,1-4H3. The molecule has 0 radical (unpaired) electrons. The van der Waals surface area contributed by atoms with Crippen LogP contribution in [0, 0.1) is 0 Å². The summed E-state index contributed by atoms with van der Waals surface area (Å²) in [5.74, 6) is 0.373. The molecule has 0 aliphatic rings. The molecule has 0 aliphatic heterocycles. The molecule has 2 aromatic heterocycles. The summed E-state index contributed by atoms with van der Waals surface area (Å²) in [4.78, 5) is -0.0299. The van der Waals surface area contributed by atoms with Crippen molar-refractivity contribution in [1.29, 1.82) is 0 Å². The molecule has 0 fully saturated rings. The molecule has 1 N–H and O–H groups in total. The average molecular weight is 368 g/mol. The summed E-state index contributed by atoms with van der Waals surface area (Å²) >= 11 is 12.7. The van der Waals surface area contributed by atoms with E-state index >= 15 is 0 Å². The molecular weight excluding hydrogens is 353 g/mol. The van der Waals surface area contributed by atoms with E-state index in [1.807, 2.05) is 20.8 Å². The topological polar surface area (TPSA) is 64.0 Å². The van der Waals surface area contributed by atoms with Crippen LogP contribution < -0.4 is 4.72 Å². The number of aromatic nitrogens is 2. The van der Waals surface area contributed by atoms with Crippen molar-refractivity contribution in [1.82, 2.24) is 9.78 Å². The number of hydrogen-bond acceptors (Lipinski definition) is 4. The fraction of sp³-hybridized carbons (Fsp3) is 0.417. The number of sulfonamides is 1. The second kappa shape index (κ2) is 5.46. The van der Waals surface area contributed by atoms with Gasteiger partial charge in [0, 0.05) is 18.5 Å². The highest BCUT2D eigenvalue weighted by Gasteiger charge is 2.24. The van der Waals surface area contributed by atoms with Crippen LogP contribution in [0.5, 0.6) is 0 Å². The first-order valence-corrected chi connectivity index (χ1v) is 9.08. The summed E-state index contributed by atoms with van der Waals surface area (Å²) in [6.07, 6.45) is 0. The number of thiophene rings is 1. The van der Waals surface area contributed by atoms with Gasteiger partial charge in [0.15, 0.2) is 0 Å². The third kappa shape index (κ3) is 3.53. The molecule has 9 heteroatoms. The van der Waals surface area contributed by atoms with E-state index in [1.54, 1.807) is 13.1 Å². The van der Waals surface area contributed by atoms with Gasteiger partial charge in [-0.1, -0.05) is 44.0 Å². The summed E-state index contributed by atoms with van der Waals surface area (Å²) in [7, 11) is -2.12. The Balaban J connectivity index is 2.38. The van der Waals surface area contributed by atoms with Crippen LogP contribution in [-0.2, 0) is 22.5 Å². The van der Waals surface area contributed by atoms with Crippen molar-refractivity contribution >= 4 is 50.4 Å². The smallest absolute Gasteiger partial charge is 0.263 e. The zero-order chi connectivity index (χ0) is 16.0. The normalized spacial score (nSPS) is 12.7. The van der Waals surface area contributed by atoms with Crippen molar-refractivity contribution in [2.24, 2.45) is 7.05 Å². The first-order chi connectivity index (χ1) is 9.50. The first kappa shape index (κ1) is 16.6. The van der Waals surface area contributed by atoms with E-state index in [1.165, 1.54) is 10.7 Å². The van der Waals surface area contributed by atoms with Gasteiger partial charge in [-0.25, -0.2) is 8.42 Å². The summed E-state index contributed by atoms with van der Waals surface area (Å²) < 4.78 is 29.1. The molecular formula is C12H15Cl2N3O2S2. The van der Waals surface area contributed by atoms with Gasteiger partial charge in [-0.2, -0.15) is 5.10 Å². The zero-order valence-electron chi connectivity index (χ0n) is 11.9. The van der Waals surface area contributed by atoms with E-state index < -0.39 is 10.0 Å². The number of nitrogens with zero attached hydrogens (tertiary/aromatic N) is 2. The van der Waals surface area contributed by atoms with E-state index in [0.717, 1.165) is 17.0 Å². The van der Waals surface area contributed by atoms with Gasteiger partial charge < -0.3 is 0 Å². The summed E-state index contributed by atoms with van der Waals surface area (Å²) in [6, 6.07) is 3.04. The summed E-state index contributed by atoms with van der Waals surface area (Å²) in [6.45, 7) is 6.01. The third-order valence-electron chi connectivity index (χ3n) is 2.80. The molecule has 0 bridgehead atoms. The fourth-order valence-corrected chi connectivity index (χ4v) is 4.86. The highest BCUT2D eigenvalue weighted by molar-refractivity contribution is 7.93. The lowest BCUT2D eigenvalue weighted by atomic mass is 9.92. The molecule has 0 unspecified atom stereocenters. The molecule has 5 nitrogen and oxygen atoms in total. The van der Waals surface area contributed by atoms with Crippen LogP contribution in [0.2, 0.25) is 8.67 Å². The van der Waals surface area contributed by atoms with E-state index in [0.29, 0.717) is 10.2 Å². The summed E-state index contributed by atoms with van der Waals surface area (Å²) in [5.41, 5.74) is 0.613. The third-order valence-corrected chi connectivity index (χ3v) is 5.91. The number of hydrogen-bond donors (Lipinski definition) is 1. The Morgan fingerprint density at radius 1 is 1.29 bits per heavy atom. The Bertz CT molecular complexity index is 773. The molecule has 0 aromatic carbocycles. The quantitative estimate of drug-likeness (QED) is 0.894. The van der Waals surface area contributed by atoms with Gasteiger partial charge in [-0.3, -0.25) is 9.40 Å². The molecule has 2 aromatic rings. The second-order valence-electron chi connectivity index (χ2n) is 5.58. The van der Waals surface area contributed by atoms with Crippen LogP contribution in [0.25, 0.3) is 0 Å². The minimum absolute atomic E-state index is 0.0299. The van der Waals surface area contributed by atoms with Crippen molar-refractivity contribution in [3.63, 3.8) is 0 Å². The molecule has 0 spiro atoms. The van der Waals surface area contributed by atoms with Crippen LogP contribution >= 0.6 is 34.5 Å². The van der Waals surface area contributed by atoms with Crippen molar-refractivity contribution in [2.75, 3.05) is 4.72 Å². The Hall–Kier alpha value is -0.760. The second-order valence-corrected chi connectivity index (χ2v) is 9.52. The number of nitrogens with one attached hydrogen (secondary N) is 1. The Morgan fingerprint density at radius 3 is 2.33 bits per heavy atom. The molecule has 0 aliphatic carbocycles. The largest absolute Gasteiger partial charge is 0.265 e. The lowest BCUT2D eigenvalue weighted by Crippen LogP contribution is -2.15. The molecule has 0 amide bonds. The van der Waals surface area contributed by atoms with Crippen molar-refractivity contribution < 1.29 is 8.42 Å². The Labute approximate surface area is 137 Å². The molecule has 0 atom stereocenters. The minimum atomic E-state index is -3.79. The number of halogens is 2. The Morgan fingerprint density at radius 2 is 1.90 bits per heavy atom. The van der Waals surface area contributed by atoms with Crippen LogP contribution in [0.4, 0.5) is 5.82 Å². The van der Waals surface area contributed by atoms with Crippen molar-refractivity contribution in [3.8, 4) is 0 Å². The average Bonchev–Trinajstić information content (AvgIpc) is 2.82. The molecule has 0 saturated carbocycles. The van der Waals surface area contributed by atoms with Crippen LogP contribution in [0.1, 0.15) is 26.5 Å². The van der Waals surface area contributed by atoms with Crippen LogP contribution in [0.3, 0.4) is 0 Å². The highest BCUT2D eigenvalue weighted by atomic mass is 35.5. The number of aryl methyl sites for hydroxylation is 1. The van der Waals surface area contributed by atoms with E-state index in [9.17, 15) is 8.42 Å². The molecule has 21 heavy (non-hydrogen) atoms. The lowest BCUT2D eigenvalue weighted by Gasteiger charge is -2.13. The van der Waals surface area contributed by atoms with Crippen molar-refractivity contribution in [2.45, 2.75) is 31.1 Å². The Kier molecular flexibility index (Phi) is 4.32. The fourth-order valence-electron chi connectivity index (χ4n) is 1.63. The maximum Gasteiger partial charge on any atom is 0.265 e. The number of rotatable bonds is 3. The lowest BCUT2D eigenvalue weighted by molar-refractivity contribution is 0.553. The van der Waals surface area contributed by atoms with Gasteiger partial charge in [-0.15, -0.1) is 11.3 Å². The number of anilines is 1. The molecule has 2 heterocycles. The maximum atomic E-state index is 12.4. The zero-order valence-corrected chi connectivity index (χ0v) is 15.1. The van der Waals surface area contributed by atoms with Gasteiger partial charge >= 0.3 is 0 Å². The minimum Gasteiger partial charge on any atom is -0.263 e. The SMILES string of the molecule is Cn1nc(C(C)(C)C)cc1NS(=O)(=O)c1cc(Cl)sc1Cl. The van der Waals surface area contributed by atoms with Gasteiger partial charge in [-0.05, 0) is 6.07 Å². The van der Waals surface area contributed by atoms with Gasteiger partial charge in [0.2, 0.25) is 0 Å². The molecule has 0 saturated heterocycles. The van der Waals surface area contributed by atoms with Crippen molar-refractivity contribution in [3.05, 3.63) is 26.5 Å². The predicted molar refractivity (Wildman–Crippen MR) is 87.1 cm³/mol. The van der Waals surface area contributed by atoms with Gasteiger partial charge in [0.1, 0.15) is 15.0 Å². The first-order valence-electron chi connectivity index (χ1n) is 6.03. The monoisotopic (exact) mass is 367 g/mol. The van der Waals surface area contributed by atoms with Gasteiger partial charge in [0.25, 0.3) is 10.0 Å². The van der Waals surface area contributed by atoms with E-state index in [2.05, 4.69) is 9.82 Å². The summed E-state index contributed by atoms with van der Waals surface area (Å²) in [5, 5.41) is 4.32. The van der Waals surface area contributed by atoms with Crippen LogP contribution in [0.15, 0.2) is 17.0 Å². The highest BCUT2D eigenvalue weighted by Crippen LogP contribution is 2.35. The van der Waals surface area contributed by atoms with Crippen LogP contribution in [-0.4, -0.2) is 18.2 Å². The van der Waals surface area contributed by atoms with E-state index in [-0.39, 0.29) is 14.6 Å². The molecule has 116 valence electrons.